The van der Waals surface area contributed by atoms with Crippen LogP contribution in [0.1, 0.15) is 26.4 Å². The second-order valence-corrected chi connectivity index (χ2v) is 7.47. The van der Waals surface area contributed by atoms with Gasteiger partial charge in [-0.1, -0.05) is 6.07 Å². The molecule has 0 fully saturated rings. The van der Waals surface area contributed by atoms with Gasteiger partial charge >= 0.3 is 0 Å². The van der Waals surface area contributed by atoms with Gasteiger partial charge in [-0.3, -0.25) is 20.2 Å². The lowest BCUT2D eigenvalue weighted by Gasteiger charge is -2.07. The number of nitrogens with zero attached hydrogens (tertiary/aromatic N) is 2. The Morgan fingerprint density at radius 3 is 2.61 bits per heavy atom. The Bertz CT molecular complexity index is 1080. The summed E-state index contributed by atoms with van der Waals surface area (Å²) in [5, 5.41) is 14.3. The first-order valence-corrected chi connectivity index (χ1v) is 9.31. The summed E-state index contributed by atoms with van der Waals surface area (Å²) in [5.41, 5.74) is 3.19. The molecule has 0 aliphatic carbocycles. The number of carbonyl (C=O) groups excluding carboxylic acids is 1. The lowest BCUT2D eigenvalue weighted by Crippen LogP contribution is -2.14. The third-order valence-electron chi connectivity index (χ3n) is 4.43. The van der Waals surface area contributed by atoms with E-state index in [1.165, 1.54) is 23.5 Å². The van der Waals surface area contributed by atoms with Gasteiger partial charge in [0, 0.05) is 27.6 Å². The highest BCUT2D eigenvalue weighted by atomic mass is 32.1. The van der Waals surface area contributed by atoms with Gasteiger partial charge in [-0.05, 0) is 50.6 Å². The number of aryl methyl sites for hydroxylation is 2. The molecule has 1 N–H and O–H groups in total. The van der Waals surface area contributed by atoms with Gasteiger partial charge in [0.05, 0.1) is 17.7 Å². The Kier molecular flexibility index (Phi) is 5.41. The van der Waals surface area contributed by atoms with Gasteiger partial charge in [0.25, 0.3) is 11.6 Å². The number of ether oxygens (including phenoxy) is 1. The second kappa shape index (κ2) is 7.77. The Balaban J connectivity index is 1.88. The number of thiazole rings is 1. The fourth-order valence-corrected chi connectivity index (χ4v) is 3.81. The monoisotopic (exact) mass is 397 g/mol. The van der Waals surface area contributed by atoms with Crippen molar-refractivity contribution in [3.05, 3.63) is 68.1 Å². The summed E-state index contributed by atoms with van der Waals surface area (Å²) in [4.78, 5) is 28.7. The number of rotatable bonds is 5. The molecule has 144 valence electrons. The summed E-state index contributed by atoms with van der Waals surface area (Å²) in [6.07, 6.45) is 0. The molecule has 0 unspecified atom stereocenters. The molecule has 7 nitrogen and oxygen atoms in total. The number of carbonyl (C=O) groups is 1. The van der Waals surface area contributed by atoms with Crippen molar-refractivity contribution < 1.29 is 14.5 Å². The van der Waals surface area contributed by atoms with E-state index in [1.807, 2.05) is 32.0 Å². The number of nitro benzene ring substituents is 1. The van der Waals surface area contributed by atoms with Gasteiger partial charge < -0.3 is 4.74 Å². The first kappa shape index (κ1) is 19.5. The standard InChI is InChI=1S/C20H19N3O4S/c1-11-10-14(8-9-17(11)27-4)18-13(3)28-20(21-18)22-19(24)15-6-5-7-16(12(15)2)23(25)26/h5-10H,1-4H3,(H,21,22,24). The van der Waals surface area contributed by atoms with Crippen LogP contribution < -0.4 is 10.1 Å². The van der Waals surface area contributed by atoms with Crippen LogP contribution in [0.15, 0.2) is 36.4 Å². The van der Waals surface area contributed by atoms with Crippen molar-refractivity contribution in [1.82, 2.24) is 4.98 Å². The summed E-state index contributed by atoms with van der Waals surface area (Å²) in [7, 11) is 1.62. The van der Waals surface area contributed by atoms with Crippen molar-refractivity contribution in [3.8, 4) is 17.0 Å². The van der Waals surface area contributed by atoms with Crippen molar-refractivity contribution in [3.63, 3.8) is 0 Å². The maximum Gasteiger partial charge on any atom is 0.273 e. The number of anilines is 1. The number of hydrogen-bond acceptors (Lipinski definition) is 6. The van der Waals surface area contributed by atoms with Crippen molar-refractivity contribution in [2.45, 2.75) is 20.8 Å². The molecule has 0 radical (unpaired) electrons. The Labute approximate surface area is 166 Å². The SMILES string of the molecule is COc1ccc(-c2nc(NC(=O)c3cccc([N+](=O)[O-])c3C)sc2C)cc1C. The zero-order chi connectivity index (χ0) is 20.4. The molecule has 8 heteroatoms. The predicted molar refractivity (Wildman–Crippen MR) is 109 cm³/mol. The van der Waals surface area contributed by atoms with E-state index in [9.17, 15) is 14.9 Å². The maximum absolute atomic E-state index is 12.6. The third kappa shape index (κ3) is 3.72. The van der Waals surface area contributed by atoms with Crippen LogP contribution >= 0.6 is 11.3 Å². The lowest BCUT2D eigenvalue weighted by molar-refractivity contribution is -0.385. The quantitative estimate of drug-likeness (QED) is 0.488. The van der Waals surface area contributed by atoms with Gasteiger partial charge in [-0.25, -0.2) is 4.98 Å². The highest BCUT2D eigenvalue weighted by Gasteiger charge is 2.19. The molecule has 1 aromatic heterocycles. The molecule has 0 atom stereocenters. The number of nitro groups is 1. The van der Waals surface area contributed by atoms with Crippen molar-refractivity contribution in [2.75, 3.05) is 12.4 Å². The molecule has 0 spiro atoms. The van der Waals surface area contributed by atoms with E-state index in [1.54, 1.807) is 20.1 Å². The topological polar surface area (TPSA) is 94.4 Å². The van der Waals surface area contributed by atoms with Crippen LogP contribution in [0.3, 0.4) is 0 Å². The number of methoxy groups -OCH3 is 1. The van der Waals surface area contributed by atoms with E-state index >= 15 is 0 Å². The van der Waals surface area contributed by atoms with Gasteiger partial charge in [0.1, 0.15) is 5.75 Å². The van der Waals surface area contributed by atoms with Crippen LogP contribution in [0.2, 0.25) is 0 Å². The van der Waals surface area contributed by atoms with E-state index < -0.39 is 10.8 Å². The van der Waals surface area contributed by atoms with Crippen molar-refractivity contribution in [1.29, 1.82) is 0 Å². The largest absolute Gasteiger partial charge is 0.496 e. The van der Waals surface area contributed by atoms with Gasteiger partial charge in [0.2, 0.25) is 0 Å². The highest BCUT2D eigenvalue weighted by Crippen LogP contribution is 2.33. The fourth-order valence-electron chi connectivity index (χ4n) is 2.98. The summed E-state index contributed by atoms with van der Waals surface area (Å²) in [6, 6.07) is 10.2. The summed E-state index contributed by atoms with van der Waals surface area (Å²) < 4.78 is 5.29. The molecular weight excluding hydrogens is 378 g/mol. The molecule has 1 amide bonds. The van der Waals surface area contributed by atoms with Gasteiger partial charge in [-0.15, -0.1) is 11.3 Å². The average molecular weight is 397 g/mol. The minimum absolute atomic E-state index is 0.0858. The number of benzene rings is 2. The number of amides is 1. The van der Waals surface area contributed by atoms with Gasteiger partial charge in [-0.2, -0.15) is 0 Å². The molecule has 0 bridgehead atoms. The molecule has 3 rings (SSSR count). The first-order chi connectivity index (χ1) is 13.3. The molecule has 28 heavy (non-hydrogen) atoms. The van der Waals surface area contributed by atoms with Crippen LogP contribution in [0.5, 0.6) is 5.75 Å². The fraction of sp³-hybridized carbons (Fsp3) is 0.200. The smallest absolute Gasteiger partial charge is 0.273 e. The van der Waals surface area contributed by atoms with Crippen LogP contribution in [0.4, 0.5) is 10.8 Å². The summed E-state index contributed by atoms with van der Waals surface area (Å²) in [6.45, 7) is 5.45. The van der Waals surface area contributed by atoms with E-state index in [2.05, 4.69) is 10.3 Å². The normalized spacial score (nSPS) is 10.6. The zero-order valence-corrected chi connectivity index (χ0v) is 16.7. The molecular formula is C20H19N3O4S. The number of aromatic nitrogens is 1. The van der Waals surface area contributed by atoms with Crippen molar-refractivity contribution in [2.24, 2.45) is 0 Å². The van der Waals surface area contributed by atoms with E-state index in [0.717, 1.165) is 27.4 Å². The van der Waals surface area contributed by atoms with Crippen LogP contribution in [0.25, 0.3) is 11.3 Å². The molecule has 0 aliphatic heterocycles. The lowest BCUT2D eigenvalue weighted by atomic mass is 10.1. The van der Waals surface area contributed by atoms with Crippen molar-refractivity contribution >= 4 is 28.1 Å². The number of nitrogens with one attached hydrogen (secondary N) is 1. The van der Waals surface area contributed by atoms with E-state index in [4.69, 9.17) is 4.74 Å². The van der Waals surface area contributed by atoms with Crippen LogP contribution in [-0.4, -0.2) is 22.9 Å². The minimum Gasteiger partial charge on any atom is -0.496 e. The van der Waals surface area contributed by atoms with E-state index in [-0.39, 0.29) is 11.3 Å². The van der Waals surface area contributed by atoms with Gasteiger partial charge in [0.15, 0.2) is 5.13 Å². The Morgan fingerprint density at radius 1 is 1.21 bits per heavy atom. The number of hydrogen-bond donors (Lipinski definition) is 1. The summed E-state index contributed by atoms with van der Waals surface area (Å²) in [5.74, 6) is 0.374. The molecule has 1 heterocycles. The predicted octanol–water partition coefficient (Wildman–Crippen LogP) is 4.90. The van der Waals surface area contributed by atoms with Crippen LogP contribution in [0, 0.1) is 30.9 Å². The molecule has 0 saturated carbocycles. The van der Waals surface area contributed by atoms with E-state index in [0.29, 0.717) is 10.7 Å². The minimum atomic E-state index is -0.496. The summed E-state index contributed by atoms with van der Waals surface area (Å²) >= 11 is 1.36. The molecule has 0 saturated heterocycles. The molecule has 3 aromatic rings. The average Bonchev–Trinajstić information content (AvgIpc) is 3.01. The maximum atomic E-state index is 12.6. The van der Waals surface area contributed by atoms with Crippen LogP contribution in [-0.2, 0) is 0 Å². The first-order valence-electron chi connectivity index (χ1n) is 8.49. The second-order valence-electron chi connectivity index (χ2n) is 6.27. The Hall–Kier alpha value is -3.26. The Morgan fingerprint density at radius 2 is 1.96 bits per heavy atom. The third-order valence-corrected chi connectivity index (χ3v) is 5.32. The molecule has 0 aliphatic rings. The molecule has 2 aromatic carbocycles. The zero-order valence-electron chi connectivity index (χ0n) is 15.9. The highest BCUT2D eigenvalue weighted by molar-refractivity contribution is 7.16.